The molecular weight excluding hydrogens is 793 g/mol. The molecule has 0 aliphatic heterocycles. The van der Waals surface area contributed by atoms with Gasteiger partial charge < -0.3 is 14.2 Å². The molecule has 0 bridgehead atoms. The van der Waals surface area contributed by atoms with Crippen LogP contribution in [0.3, 0.4) is 0 Å². The van der Waals surface area contributed by atoms with Gasteiger partial charge in [-0.25, -0.2) is 0 Å². The summed E-state index contributed by atoms with van der Waals surface area (Å²) in [5.41, 5.74) is 0. The van der Waals surface area contributed by atoms with Gasteiger partial charge in [-0.1, -0.05) is 214 Å². The van der Waals surface area contributed by atoms with E-state index >= 15 is 0 Å². The van der Waals surface area contributed by atoms with Crippen LogP contribution < -0.4 is 0 Å². The fourth-order valence-corrected chi connectivity index (χ4v) is 6.95. The normalized spacial score (nSPS) is 12.9. The zero-order valence-electron chi connectivity index (χ0n) is 41.5. The summed E-state index contributed by atoms with van der Waals surface area (Å²) in [4.78, 5) is 37.9. The fraction of sp³-hybridized carbons (Fsp3) is 0.672. The van der Waals surface area contributed by atoms with Crippen molar-refractivity contribution in [2.24, 2.45) is 0 Å². The fourth-order valence-electron chi connectivity index (χ4n) is 6.95. The van der Waals surface area contributed by atoms with E-state index < -0.39 is 6.10 Å². The highest BCUT2D eigenvalue weighted by molar-refractivity contribution is 5.71. The summed E-state index contributed by atoms with van der Waals surface area (Å²) in [6.07, 6.45) is 68.3. The summed E-state index contributed by atoms with van der Waals surface area (Å²) in [7, 11) is 0. The second-order valence-electron chi connectivity index (χ2n) is 17.0. The standard InChI is InChI=1S/C58H96O6/c1-4-7-10-13-16-19-21-23-25-26-27-28-29-30-31-32-34-35-37-39-42-45-48-51-57(60)63-54-55(53-62-56(59)50-47-44-41-18-15-12-9-6-3)64-58(61)52-49-46-43-40-38-36-33-24-22-20-17-14-11-8-5-2/h7-8,10-11,16-17,19-20,23-25,27-28,30-31,33,55H,4-6,9,12-15,18,21-22,26,29,32,34-54H2,1-3H3/b10-7-,11-8-,19-16-,20-17-,25-23-,28-27-,31-30-,33-24-. The van der Waals surface area contributed by atoms with E-state index in [2.05, 4.69) is 118 Å². The Morgan fingerprint density at radius 3 is 0.953 bits per heavy atom. The summed E-state index contributed by atoms with van der Waals surface area (Å²) in [6.45, 7) is 6.35. The lowest BCUT2D eigenvalue weighted by Gasteiger charge is -2.18. The summed E-state index contributed by atoms with van der Waals surface area (Å²) in [5.74, 6) is -0.924. The molecule has 6 heteroatoms. The molecule has 0 amide bonds. The lowest BCUT2D eigenvalue weighted by molar-refractivity contribution is -0.167. The van der Waals surface area contributed by atoms with Crippen molar-refractivity contribution in [3.05, 3.63) is 97.2 Å². The van der Waals surface area contributed by atoms with Crippen LogP contribution in [0.25, 0.3) is 0 Å². The number of unbranched alkanes of at least 4 members (excludes halogenated alkanes) is 19. The van der Waals surface area contributed by atoms with Crippen molar-refractivity contribution < 1.29 is 28.6 Å². The number of hydrogen-bond donors (Lipinski definition) is 0. The molecule has 0 N–H and O–H groups in total. The summed E-state index contributed by atoms with van der Waals surface area (Å²) < 4.78 is 16.7. The first-order valence-corrected chi connectivity index (χ1v) is 26.2. The number of carbonyl (C=O) groups is 3. The lowest BCUT2D eigenvalue weighted by atomic mass is 10.1. The smallest absolute Gasteiger partial charge is 0.306 e. The Morgan fingerprint density at radius 2 is 0.609 bits per heavy atom. The second kappa shape index (κ2) is 52.0. The predicted octanol–water partition coefficient (Wildman–Crippen LogP) is 17.4. The van der Waals surface area contributed by atoms with Gasteiger partial charge in [0.05, 0.1) is 0 Å². The van der Waals surface area contributed by atoms with Gasteiger partial charge in [0.2, 0.25) is 0 Å². The maximum atomic E-state index is 12.8. The number of hydrogen-bond acceptors (Lipinski definition) is 6. The largest absolute Gasteiger partial charge is 0.462 e. The Bertz CT molecular complexity index is 1300. The number of esters is 3. The zero-order valence-corrected chi connectivity index (χ0v) is 41.5. The van der Waals surface area contributed by atoms with Crippen molar-refractivity contribution in [3.63, 3.8) is 0 Å². The molecule has 0 spiro atoms. The Kier molecular flexibility index (Phi) is 49.0. The lowest BCUT2D eigenvalue weighted by Crippen LogP contribution is -2.30. The molecule has 1 atom stereocenters. The third-order valence-corrected chi connectivity index (χ3v) is 10.8. The van der Waals surface area contributed by atoms with Crippen molar-refractivity contribution in [1.29, 1.82) is 0 Å². The van der Waals surface area contributed by atoms with E-state index in [-0.39, 0.29) is 31.1 Å². The second-order valence-corrected chi connectivity index (χ2v) is 17.0. The average Bonchev–Trinajstić information content (AvgIpc) is 3.29. The van der Waals surface area contributed by atoms with Crippen molar-refractivity contribution in [2.45, 2.75) is 239 Å². The van der Waals surface area contributed by atoms with E-state index in [9.17, 15) is 14.4 Å². The van der Waals surface area contributed by atoms with Crippen LogP contribution in [0.15, 0.2) is 97.2 Å². The summed E-state index contributed by atoms with van der Waals surface area (Å²) >= 11 is 0. The van der Waals surface area contributed by atoms with E-state index in [0.29, 0.717) is 19.3 Å². The van der Waals surface area contributed by atoms with E-state index in [1.165, 1.54) is 57.8 Å². The summed E-state index contributed by atoms with van der Waals surface area (Å²) in [5, 5.41) is 0. The third-order valence-electron chi connectivity index (χ3n) is 10.8. The van der Waals surface area contributed by atoms with Crippen molar-refractivity contribution in [1.82, 2.24) is 0 Å². The molecule has 0 rings (SSSR count). The molecule has 0 aliphatic rings. The zero-order chi connectivity index (χ0) is 46.5. The van der Waals surface area contributed by atoms with Gasteiger partial charge in [-0.3, -0.25) is 14.4 Å². The van der Waals surface area contributed by atoms with Crippen LogP contribution in [0.4, 0.5) is 0 Å². The van der Waals surface area contributed by atoms with Crippen LogP contribution in [0.5, 0.6) is 0 Å². The molecule has 0 radical (unpaired) electrons. The van der Waals surface area contributed by atoms with Crippen molar-refractivity contribution in [3.8, 4) is 0 Å². The Balaban J connectivity index is 4.31. The molecule has 364 valence electrons. The van der Waals surface area contributed by atoms with Gasteiger partial charge in [-0.2, -0.15) is 0 Å². The summed E-state index contributed by atoms with van der Waals surface area (Å²) in [6, 6.07) is 0. The van der Waals surface area contributed by atoms with E-state index in [1.807, 2.05) is 0 Å². The highest BCUT2D eigenvalue weighted by Crippen LogP contribution is 2.14. The van der Waals surface area contributed by atoms with Gasteiger partial charge >= 0.3 is 17.9 Å². The van der Waals surface area contributed by atoms with Crippen LogP contribution >= 0.6 is 0 Å². The molecule has 0 aromatic rings. The Labute approximate surface area is 394 Å². The van der Waals surface area contributed by atoms with Crippen molar-refractivity contribution >= 4 is 17.9 Å². The minimum atomic E-state index is -0.789. The molecule has 1 unspecified atom stereocenters. The SMILES string of the molecule is CC/C=C\C/C=C\C/C=C\C/C=C\C/C=C\CCCCCCCCCC(=O)OCC(COC(=O)CCCCCCCCCC)OC(=O)CCCCCCC/C=C\C/C=C\C/C=C\CC. The minimum absolute atomic E-state index is 0.0881. The van der Waals surface area contributed by atoms with Gasteiger partial charge in [0.25, 0.3) is 0 Å². The van der Waals surface area contributed by atoms with Crippen LogP contribution in [-0.2, 0) is 28.6 Å². The van der Waals surface area contributed by atoms with Gasteiger partial charge in [0, 0.05) is 19.3 Å². The molecular formula is C58H96O6. The van der Waals surface area contributed by atoms with Crippen LogP contribution in [0.1, 0.15) is 233 Å². The molecule has 64 heavy (non-hydrogen) atoms. The van der Waals surface area contributed by atoms with E-state index in [1.54, 1.807) is 0 Å². The molecule has 6 nitrogen and oxygen atoms in total. The van der Waals surface area contributed by atoms with Crippen molar-refractivity contribution in [2.75, 3.05) is 13.2 Å². The minimum Gasteiger partial charge on any atom is -0.462 e. The first kappa shape index (κ1) is 60.3. The Hall–Kier alpha value is -3.67. The van der Waals surface area contributed by atoms with Gasteiger partial charge in [0.1, 0.15) is 13.2 Å². The molecule has 0 saturated carbocycles. The number of ether oxygens (including phenoxy) is 3. The molecule has 0 aromatic heterocycles. The number of carbonyl (C=O) groups excluding carboxylic acids is 3. The predicted molar refractivity (Wildman–Crippen MR) is 274 cm³/mol. The Morgan fingerprint density at radius 1 is 0.328 bits per heavy atom. The average molecular weight is 889 g/mol. The van der Waals surface area contributed by atoms with Crippen LogP contribution in [-0.4, -0.2) is 37.2 Å². The molecule has 0 saturated heterocycles. The maximum absolute atomic E-state index is 12.8. The van der Waals surface area contributed by atoms with Gasteiger partial charge in [-0.15, -0.1) is 0 Å². The molecule has 0 heterocycles. The molecule has 0 aromatic carbocycles. The van der Waals surface area contributed by atoms with E-state index in [4.69, 9.17) is 14.2 Å². The van der Waals surface area contributed by atoms with Crippen LogP contribution in [0, 0.1) is 0 Å². The quantitative estimate of drug-likeness (QED) is 0.0262. The van der Waals surface area contributed by atoms with Gasteiger partial charge in [-0.05, 0) is 96.3 Å². The number of rotatable bonds is 46. The third kappa shape index (κ3) is 49.3. The first-order valence-electron chi connectivity index (χ1n) is 26.2. The van der Waals surface area contributed by atoms with Crippen LogP contribution in [0.2, 0.25) is 0 Å². The highest BCUT2D eigenvalue weighted by atomic mass is 16.6. The monoisotopic (exact) mass is 889 g/mol. The highest BCUT2D eigenvalue weighted by Gasteiger charge is 2.19. The maximum Gasteiger partial charge on any atom is 0.306 e. The number of allylic oxidation sites excluding steroid dienone is 16. The van der Waals surface area contributed by atoms with E-state index in [0.717, 1.165) is 135 Å². The molecule has 0 fully saturated rings. The molecule has 0 aliphatic carbocycles. The first-order chi connectivity index (χ1) is 31.5. The topological polar surface area (TPSA) is 78.9 Å². The van der Waals surface area contributed by atoms with Gasteiger partial charge in [0.15, 0.2) is 6.10 Å².